The molecule has 0 unspecified atom stereocenters. The Morgan fingerprint density at radius 2 is 2.25 bits per heavy atom. The van der Waals surface area contributed by atoms with Crippen LogP contribution >= 0.6 is 35.2 Å². The van der Waals surface area contributed by atoms with Crippen molar-refractivity contribution in [1.82, 2.24) is 26.1 Å². The molecule has 0 atom stereocenters. The summed E-state index contributed by atoms with van der Waals surface area (Å²) in [6.45, 7) is 0. The van der Waals surface area contributed by atoms with E-state index in [1.807, 2.05) is 12.1 Å². The first kappa shape index (κ1) is 14.6. The van der Waals surface area contributed by atoms with Gasteiger partial charge in [0.1, 0.15) is 14.9 Å². The van der Waals surface area contributed by atoms with Crippen LogP contribution in [0, 0.1) is 0 Å². The molecule has 0 fully saturated rings. The fourth-order valence-corrected chi connectivity index (χ4v) is 2.80. The fourth-order valence-electron chi connectivity index (χ4n) is 1.29. The summed E-state index contributed by atoms with van der Waals surface area (Å²) in [4.78, 5) is 20.2. The predicted octanol–water partition coefficient (Wildman–Crippen LogP) is 1.97. The highest BCUT2D eigenvalue weighted by atomic mass is 35.5. The van der Waals surface area contributed by atoms with Gasteiger partial charge < -0.3 is 5.32 Å². The number of hydrogen-bond acceptors (Lipinski definition) is 5. The molecule has 9 heteroatoms. The maximum Gasteiger partial charge on any atom is 0.333 e. The molecule has 2 aromatic heterocycles. The van der Waals surface area contributed by atoms with Gasteiger partial charge in [0.05, 0.1) is 0 Å². The predicted molar refractivity (Wildman–Crippen MR) is 82.8 cm³/mol. The van der Waals surface area contributed by atoms with Crippen LogP contribution in [-0.4, -0.2) is 28.0 Å². The smallest absolute Gasteiger partial charge is 0.333 e. The molecule has 104 valence electrons. The molecule has 0 aliphatic rings. The van der Waals surface area contributed by atoms with E-state index < -0.39 is 6.03 Å². The van der Waals surface area contributed by atoms with Crippen LogP contribution in [0.2, 0.25) is 5.15 Å². The van der Waals surface area contributed by atoms with Crippen LogP contribution in [0.5, 0.6) is 0 Å². The summed E-state index contributed by atoms with van der Waals surface area (Å²) in [6, 6.07) is 3.29. The van der Waals surface area contributed by atoms with Gasteiger partial charge >= 0.3 is 6.03 Å². The van der Waals surface area contributed by atoms with Crippen molar-refractivity contribution < 1.29 is 4.79 Å². The molecule has 2 rings (SSSR count). The Morgan fingerprint density at radius 1 is 1.45 bits per heavy atom. The SMILES string of the molecule is CNC(=O)NNC(=S)c1sc(-c2cccnc2)nc1Cl. The number of aromatic nitrogens is 2. The number of carbonyl (C=O) groups is 1. The molecular formula is C11H10ClN5OS2. The van der Waals surface area contributed by atoms with E-state index in [2.05, 4.69) is 26.1 Å². The number of amides is 2. The van der Waals surface area contributed by atoms with Gasteiger partial charge in [-0.3, -0.25) is 15.8 Å². The van der Waals surface area contributed by atoms with Crippen molar-refractivity contribution in [3.8, 4) is 10.6 Å². The number of hydrazine groups is 1. The van der Waals surface area contributed by atoms with E-state index in [4.69, 9.17) is 23.8 Å². The highest BCUT2D eigenvalue weighted by Gasteiger charge is 2.15. The number of pyridine rings is 1. The number of thiocarbonyl (C=S) groups is 1. The van der Waals surface area contributed by atoms with E-state index in [1.54, 1.807) is 12.4 Å². The molecule has 0 aromatic carbocycles. The Balaban J connectivity index is 2.15. The van der Waals surface area contributed by atoms with E-state index in [-0.39, 0.29) is 5.15 Å². The molecule has 0 spiro atoms. The van der Waals surface area contributed by atoms with Crippen molar-refractivity contribution in [3.63, 3.8) is 0 Å². The number of halogens is 1. The van der Waals surface area contributed by atoms with E-state index in [9.17, 15) is 4.79 Å². The van der Waals surface area contributed by atoms with Crippen LogP contribution < -0.4 is 16.2 Å². The summed E-state index contributed by atoms with van der Waals surface area (Å²) >= 11 is 12.5. The quantitative estimate of drug-likeness (QED) is 0.580. The normalized spacial score (nSPS) is 9.90. The van der Waals surface area contributed by atoms with Crippen molar-refractivity contribution in [2.45, 2.75) is 0 Å². The van der Waals surface area contributed by atoms with Gasteiger partial charge in [0.2, 0.25) is 0 Å². The lowest BCUT2D eigenvalue weighted by molar-refractivity contribution is 0.241. The van der Waals surface area contributed by atoms with Gasteiger partial charge in [-0.25, -0.2) is 9.78 Å². The standard InChI is InChI=1S/C11H10ClN5OS2/c1-13-11(18)17-16-9(19)7-8(12)15-10(20-7)6-3-2-4-14-5-6/h2-5H,1H3,(H,16,19)(H2,13,17,18). The van der Waals surface area contributed by atoms with Crippen molar-refractivity contribution in [1.29, 1.82) is 0 Å². The first-order valence-corrected chi connectivity index (χ1v) is 7.07. The summed E-state index contributed by atoms with van der Waals surface area (Å²) in [6.07, 6.45) is 3.37. The monoisotopic (exact) mass is 327 g/mol. The molecular weight excluding hydrogens is 318 g/mol. The van der Waals surface area contributed by atoms with Crippen molar-refractivity contribution in [2.24, 2.45) is 0 Å². The van der Waals surface area contributed by atoms with Gasteiger partial charge in [-0.1, -0.05) is 23.8 Å². The van der Waals surface area contributed by atoms with Crippen LogP contribution in [0.4, 0.5) is 4.79 Å². The highest BCUT2D eigenvalue weighted by molar-refractivity contribution is 7.81. The third-order valence-corrected chi connectivity index (χ3v) is 4.16. The third kappa shape index (κ3) is 3.41. The summed E-state index contributed by atoms with van der Waals surface area (Å²) < 4.78 is 0. The minimum absolute atomic E-state index is 0.282. The summed E-state index contributed by atoms with van der Waals surface area (Å²) in [5.74, 6) is 0. The lowest BCUT2D eigenvalue weighted by Gasteiger charge is -2.07. The summed E-state index contributed by atoms with van der Waals surface area (Å²) in [5, 5.41) is 3.38. The molecule has 2 amide bonds. The van der Waals surface area contributed by atoms with E-state index in [1.165, 1.54) is 18.4 Å². The Kier molecular flexibility index (Phi) is 4.83. The van der Waals surface area contributed by atoms with Gasteiger partial charge in [-0.15, -0.1) is 11.3 Å². The highest BCUT2D eigenvalue weighted by Crippen LogP contribution is 2.30. The number of hydrogen-bond donors (Lipinski definition) is 3. The second kappa shape index (κ2) is 6.60. The number of nitrogens with one attached hydrogen (secondary N) is 3. The largest absolute Gasteiger partial charge is 0.340 e. The number of nitrogens with zero attached hydrogens (tertiary/aromatic N) is 2. The fraction of sp³-hybridized carbons (Fsp3) is 0.0909. The van der Waals surface area contributed by atoms with E-state index in [0.29, 0.717) is 14.9 Å². The molecule has 3 N–H and O–H groups in total. The van der Waals surface area contributed by atoms with Gasteiger partial charge in [0, 0.05) is 25.0 Å². The zero-order valence-corrected chi connectivity index (χ0v) is 12.7. The summed E-state index contributed by atoms with van der Waals surface area (Å²) in [5.41, 5.74) is 5.82. The molecule has 0 bridgehead atoms. The molecule has 0 radical (unpaired) electrons. The molecule has 0 aliphatic carbocycles. The summed E-state index contributed by atoms with van der Waals surface area (Å²) in [7, 11) is 1.50. The molecule has 6 nitrogen and oxygen atoms in total. The maximum absolute atomic E-state index is 11.1. The first-order valence-electron chi connectivity index (χ1n) is 5.46. The minimum Gasteiger partial charge on any atom is -0.340 e. The number of thiazole rings is 1. The molecule has 0 aliphatic heterocycles. The topological polar surface area (TPSA) is 78.9 Å². The lowest BCUT2D eigenvalue weighted by Crippen LogP contribution is -2.45. The molecule has 20 heavy (non-hydrogen) atoms. The second-order valence-electron chi connectivity index (χ2n) is 3.54. The number of urea groups is 1. The van der Waals surface area contributed by atoms with Crippen molar-refractivity contribution in [3.05, 3.63) is 34.6 Å². The second-order valence-corrected chi connectivity index (χ2v) is 5.30. The minimum atomic E-state index is -0.402. The molecule has 0 saturated heterocycles. The average Bonchev–Trinajstić information content (AvgIpc) is 2.87. The first-order chi connectivity index (χ1) is 9.61. The Morgan fingerprint density at radius 3 is 2.90 bits per heavy atom. The number of rotatable bonds is 2. The maximum atomic E-state index is 11.1. The molecule has 2 heterocycles. The van der Waals surface area contributed by atoms with Crippen molar-refractivity contribution in [2.75, 3.05) is 7.05 Å². The van der Waals surface area contributed by atoms with Gasteiger partial charge in [0.15, 0.2) is 5.15 Å². The Labute approximate surface area is 129 Å². The zero-order chi connectivity index (χ0) is 14.5. The molecule has 0 saturated carbocycles. The molecule has 2 aromatic rings. The Bertz CT molecular complexity index is 631. The van der Waals surface area contributed by atoms with Crippen LogP contribution in [-0.2, 0) is 0 Å². The van der Waals surface area contributed by atoms with Crippen LogP contribution in [0.1, 0.15) is 4.88 Å². The van der Waals surface area contributed by atoms with Crippen molar-refractivity contribution >= 4 is 46.2 Å². The third-order valence-electron chi connectivity index (χ3n) is 2.22. The van der Waals surface area contributed by atoms with Gasteiger partial charge in [0.25, 0.3) is 0 Å². The Hall–Kier alpha value is -1.77. The van der Waals surface area contributed by atoms with Crippen LogP contribution in [0.3, 0.4) is 0 Å². The number of carbonyl (C=O) groups excluding carboxylic acids is 1. The van der Waals surface area contributed by atoms with E-state index in [0.717, 1.165) is 5.56 Å². The zero-order valence-electron chi connectivity index (χ0n) is 10.3. The lowest BCUT2D eigenvalue weighted by atomic mass is 10.3. The van der Waals surface area contributed by atoms with Gasteiger partial charge in [-0.2, -0.15) is 0 Å². The average molecular weight is 328 g/mol. The van der Waals surface area contributed by atoms with Gasteiger partial charge in [-0.05, 0) is 12.1 Å². The van der Waals surface area contributed by atoms with Crippen LogP contribution in [0.15, 0.2) is 24.5 Å². The van der Waals surface area contributed by atoms with E-state index >= 15 is 0 Å². The van der Waals surface area contributed by atoms with Crippen LogP contribution in [0.25, 0.3) is 10.6 Å².